The summed E-state index contributed by atoms with van der Waals surface area (Å²) in [5.74, 6) is -0.0755. The number of thioether (sulfide) groups is 1. The van der Waals surface area contributed by atoms with E-state index in [2.05, 4.69) is 4.18 Å². The second-order valence-corrected chi connectivity index (χ2v) is 6.26. The zero-order valence-corrected chi connectivity index (χ0v) is 10.9. The number of halogens is 3. The third-order valence-electron chi connectivity index (χ3n) is 2.40. The molecule has 0 bridgehead atoms. The van der Waals surface area contributed by atoms with Crippen LogP contribution in [0.15, 0.2) is 18.2 Å². The summed E-state index contributed by atoms with van der Waals surface area (Å²) < 4.78 is 62.7. The lowest BCUT2D eigenvalue weighted by Crippen LogP contribution is -2.29. The summed E-state index contributed by atoms with van der Waals surface area (Å²) in [6, 6.07) is 3.94. The molecule has 4 nitrogen and oxygen atoms in total. The summed E-state index contributed by atoms with van der Waals surface area (Å²) in [5, 5.41) is -0.491. The lowest BCUT2D eigenvalue weighted by molar-refractivity contribution is -0.0500. The maximum absolute atomic E-state index is 12.2. The van der Waals surface area contributed by atoms with E-state index in [1.165, 1.54) is 6.07 Å². The predicted molar refractivity (Wildman–Crippen MR) is 62.5 cm³/mol. The molecule has 1 aliphatic heterocycles. The molecule has 0 atom stereocenters. The lowest BCUT2D eigenvalue weighted by atomic mass is 10.0. The van der Waals surface area contributed by atoms with Crippen molar-refractivity contribution in [2.75, 3.05) is 5.75 Å². The Hall–Kier alpha value is -1.22. The molecule has 0 radical (unpaired) electrons. The SMILES string of the molecule is O=C1SCCc2cccc(OS(=O)(=O)C(F)(F)F)c21. The number of rotatable bonds is 2. The molecule has 1 aromatic rings. The Morgan fingerprint density at radius 3 is 2.58 bits per heavy atom. The maximum Gasteiger partial charge on any atom is 0.534 e. The first-order valence-electron chi connectivity index (χ1n) is 5.02. The van der Waals surface area contributed by atoms with E-state index in [4.69, 9.17) is 0 Å². The van der Waals surface area contributed by atoms with Crippen LogP contribution in [0, 0.1) is 0 Å². The molecular formula is C10H7F3O4S2. The second kappa shape index (κ2) is 4.71. The highest BCUT2D eigenvalue weighted by atomic mass is 32.2. The van der Waals surface area contributed by atoms with Crippen molar-refractivity contribution in [3.8, 4) is 5.75 Å². The molecule has 1 aromatic carbocycles. The van der Waals surface area contributed by atoms with Gasteiger partial charge in [0.25, 0.3) is 0 Å². The average molecular weight is 312 g/mol. The van der Waals surface area contributed by atoms with Gasteiger partial charge >= 0.3 is 15.6 Å². The third-order valence-corrected chi connectivity index (χ3v) is 4.24. The highest BCUT2D eigenvalue weighted by Gasteiger charge is 2.49. The summed E-state index contributed by atoms with van der Waals surface area (Å²) in [4.78, 5) is 11.6. The van der Waals surface area contributed by atoms with E-state index in [1.54, 1.807) is 6.07 Å². The highest BCUT2D eigenvalue weighted by molar-refractivity contribution is 8.14. The van der Waals surface area contributed by atoms with Crippen molar-refractivity contribution in [2.45, 2.75) is 11.9 Å². The fraction of sp³-hybridized carbons (Fsp3) is 0.300. The van der Waals surface area contributed by atoms with Crippen LogP contribution in [0.2, 0.25) is 0 Å². The highest BCUT2D eigenvalue weighted by Crippen LogP contribution is 2.35. The summed E-state index contributed by atoms with van der Waals surface area (Å²) in [7, 11) is -5.77. The smallest absolute Gasteiger partial charge is 0.375 e. The van der Waals surface area contributed by atoms with Gasteiger partial charge < -0.3 is 4.18 Å². The molecule has 9 heteroatoms. The molecule has 0 N–H and O–H groups in total. The van der Waals surface area contributed by atoms with E-state index in [0.717, 1.165) is 17.8 Å². The first-order chi connectivity index (χ1) is 8.72. The quantitative estimate of drug-likeness (QED) is 0.620. The Labute approximate surface area is 111 Å². The van der Waals surface area contributed by atoms with Crippen molar-refractivity contribution >= 4 is 27.0 Å². The molecule has 104 valence electrons. The zero-order valence-electron chi connectivity index (χ0n) is 9.23. The summed E-state index contributed by atoms with van der Waals surface area (Å²) in [6.45, 7) is 0. The minimum absolute atomic E-state index is 0.105. The largest absolute Gasteiger partial charge is 0.534 e. The first kappa shape index (κ1) is 14.2. The molecule has 19 heavy (non-hydrogen) atoms. The predicted octanol–water partition coefficient (Wildman–Crippen LogP) is 2.34. The van der Waals surface area contributed by atoms with E-state index >= 15 is 0 Å². The van der Waals surface area contributed by atoms with Crippen LogP contribution in [0.25, 0.3) is 0 Å². The number of aryl methyl sites for hydroxylation is 1. The van der Waals surface area contributed by atoms with Gasteiger partial charge in [0, 0.05) is 5.75 Å². The van der Waals surface area contributed by atoms with E-state index in [9.17, 15) is 26.4 Å². The fourth-order valence-electron chi connectivity index (χ4n) is 1.58. The van der Waals surface area contributed by atoms with Crippen molar-refractivity contribution in [2.24, 2.45) is 0 Å². The molecule has 0 spiro atoms. The number of carbonyl (C=O) groups excluding carboxylic acids is 1. The van der Waals surface area contributed by atoms with Gasteiger partial charge in [0.05, 0.1) is 5.56 Å². The number of hydrogen-bond acceptors (Lipinski definition) is 5. The topological polar surface area (TPSA) is 60.4 Å². The van der Waals surface area contributed by atoms with Gasteiger partial charge in [0.2, 0.25) is 5.12 Å². The van der Waals surface area contributed by atoms with Crippen LogP contribution in [0.1, 0.15) is 15.9 Å². The third kappa shape index (κ3) is 2.71. The Kier molecular flexibility index (Phi) is 3.52. The van der Waals surface area contributed by atoms with E-state index in [-0.39, 0.29) is 5.56 Å². The van der Waals surface area contributed by atoms with Crippen molar-refractivity contribution in [3.05, 3.63) is 29.3 Å². The molecule has 0 aliphatic carbocycles. The van der Waals surface area contributed by atoms with E-state index < -0.39 is 26.5 Å². The van der Waals surface area contributed by atoms with Gasteiger partial charge in [-0.25, -0.2) is 0 Å². The molecule has 0 unspecified atom stereocenters. The van der Waals surface area contributed by atoms with Gasteiger partial charge in [0.15, 0.2) is 5.75 Å². The number of hydrogen-bond donors (Lipinski definition) is 0. The number of fused-ring (bicyclic) bond motifs is 1. The normalized spacial score (nSPS) is 16.1. The van der Waals surface area contributed by atoms with Crippen LogP contribution < -0.4 is 4.18 Å². The molecule has 0 saturated carbocycles. The van der Waals surface area contributed by atoms with Gasteiger partial charge in [-0.3, -0.25) is 4.79 Å². The van der Waals surface area contributed by atoms with Crippen molar-refractivity contribution < 1.29 is 30.6 Å². The van der Waals surface area contributed by atoms with Gasteiger partial charge in [-0.05, 0) is 18.1 Å². The van der Waals surface area contributed by atoms with Crippen LogP contribution in [0.5, 0.6) is 5.75 Å². The Balaban J connectivity index is 2.46. The fourth-order valence-corrected chi connectivity index (χ4v) is 2.93. The molecular weight excluding hydrogens is 305 g/mol. The minimum atomic E-state index is -5.77. The Morgan fingerprint density at radius 2 is 1.95 bits per heavy atom. The first-order valence-corrected chi connectivity index (χ1v) is 7.41. The molecule has 0 saturated heterocycles. The van der Waals surface area contributed by atoms with Crippen LogP contribution in [-0.2, 0) is 16.5 Å². The Morgan fingerprint density at radius 1 is 1.26 bits per heavy atom. The summed E-state index contributed by atoms with van der Waals surface area (Å²) >= 11 is 0.913. The summed E-state index contributed by atoms with van der Waals surface area (Å²) in [5.41, 5.74) is -5.15. The number of alkyl halides is 3. The van der Waals surface area contributed by atoms with Crippen molar-refractivity contribution in [3.63, 3.8) is 0 Å². The standard InChI is InChI=1S/C10H7F3O4S2/c11-10(12,13)19(15,16)17-7-3-1-2-6-4-5-18-9(14)8(6)7/h1-3H,4-5H2. The van der Waals surface area contributed by atoms with Crippen LogP contribution in [0.3, 0.4) is 0 Å². The number of benzene rings is 1. The second-order valence-electron chi connectivity index (χ2n) is 3.66. The lowest BCUT2D eigenvalue weighted by Gasteiger charge is -2.18. The van der Waals surface area contributed by atoms with Crippen molar-refractivity contribution in [1.82, 2.24) is 0 Å². The summed E-state index contributed by atoms with van der Waals surface area (Å²) in [6.07, 6.45) is 0.467. The van der Waals surface area contributed by atoms with Crippen LogP contribution >= 0.6 is 11.8 Å². The van der Waals surface area contributed by atoms with E-state index in [0.29, 0.717) is 17.7 Å². The van der Waals surface area contributed by atoms with Crippen LogP contribution in [0.4, 0.5) is 13.2 Å². The van der Waals surface area contributed by atoms with Gasteiger partial charge in [0.1, 0.15) is 0 Å². The molecule has 0 aromatic heterocycles. The average Bonchev–Trinajstić information content (AvgIpc) is 2.27. The minimum Gasteiger partial charge on any atom is -0.375 e. The monoisotopic (exact) mass is 312 g/mol. The number of carbonyl (C=O) groups is 1. The zero-order chi connectivity index (χ0) is 14.3. The van der Waals surface area contributed by atoms with Crippen LogP contribution in [-0.4, -0.2) is 24.8 Å². The molecule has 2 rings (SSSR count). The Bertz CT molecular complexity index is 622. The molecule has 0 amide bonds. The van der Waals surface area contributed by atoms with Gasteiger partial charge in [-0.1, -0.05) is 23.9 Å². The van der Waals surface area contributed by atoms with E-state index in [1.807, 2.05) is 0 Å². The van der Waals surface area contributed by atoms with Gasteiger partial charge in [-0.2, -0.15) is 21.6 Å². The molecule has 1 heterocycles. The van der Waals surface area contributed by atoms with Crippen molar-refractivity contribution in [1.29, 1.82) is 0 Å². The molecule has 0 fully saturated rings. The van der Waals surface area contributed by atoms with Gasteiger partial charge in [-0.15, -0.1) is 0 Å². The molecule has 1 aliphatic rings. The maximum atomic E-state index is 12.2.